The zero-order chi connectivity index (χ0) is 20.1. The Balaban J connectivity index is 2.14. The smallest absolute Gasteiger partial charge is 0.404 e. The SMILES string of the molecule is CCCC[C@H](NC(=O)C1(C(F)(F)F)CCN(Cc2ccccc2)C1)C(=O)O. The lowest BCUT2D eigenvalue weighted by atomic mass is 9.84. The molecule has 27 heavy (non-hydrogen) atoms. The highest BCUT2D eigenvalue weighted by molar-refractivity contribution is 5.88. The van der Waals surface area contributed by atoms with Crippen LogP contribution in [0.3, 0.4) is 0 Å². The number of carboxylic acid groups (broad SMARTS) is 1. The van der Waals surface area contributed by atoms with Gasteiger partial charge in [0.25, 0.3) is 0 Å². The van der Waals surface area contributed by atoms with Crippen LogP contribution in [0.15, 0.2) is 30.3 Å². The molecule has 2 N–H and O–H groups in total. The molecule has 0 aromatic heterocycles. The minimum absolute atomic E-state index is 0.110. The van der Waals surface area contributed by atoms with Gasteiger partial charge in [0.2, 0.25) is 5.91 Å². The minimum atomic E-state index is -4.75. The zero-order valence-electron chi connectivity index (χ0n) is 15.3. The number of nitrogens with zero attached hydrogens (tertiary/aromatic N) is 1. The molecular weight excluding hydrogens is 361 g/mol. The van der Waals surface area contributed by atoms with Gasteiger partial charge in [-0.1, -0.05) is 50.1 Å². The number of hydrogen-bond acceptors (Lipinski definition) is 3. The Morgan fingerprint density at radius 3 is 2.52 bits per heavy atom. The summed E-state index contributed by atoms with van der Waals surface area (Å²) in [4.78, 5) is 25.5. The number of amides is 1. The molecule has 1 saturated heterocycles. The van der Waals surface area contributed by atoms with Gasteiger partial charge < -0.3 is 10.4 Å². The van der Waals surface area contributed by atoms with Gasteiger partial charge in [0.15, 0.2) is 5.41 Å². The van der Waals surface area contributed by atoms with E-state index < -0.39 is 36.1 Å². The third-order valence-corrected chi connectivity index (χ3v) is 5.02. The number of rotatable bonds is 8. The van der Waals surface area contributed by atoms with Gasteiger partial charge in [-0.05, 0) is 24.9 Å². The lowest BCUT2D eigenvalue weighted by Crippen LogP contribution is -2.55. The highest BCUT2D eigenvalue weighted by atomic mass is 19.4. The van der Waals surface area contributed by atoms with Crippen molar-refractivity contribution in [2.45, 2.75) is 51.4 Å². The van der Waals surface area contributed by atoms with Crippen molar-refractivity contribution in [2.24, 2.45) is 5.41 Å². The van der Waals surface area contributed by atoms with Gasteiger partial charge in [0, 0.05) is 13.1 Å². The van der Waals surface area contributed by atoms with E-state index in [2.05, 4.69) is 5.32 Å². The molecule has 1 aliphatic heterocycles. The Morgan fingerprint density at radius 2 is 1.96 bits per heavy atom. The van der Waals surface area contributed by atoms with E-state index in [9.17, 15) is 27.9 Å². The monoisotopic (exact) mass is 386 g/mol. The number of benzene rings is 1. The lowest BCUT2D eigenvalue weighted by Gasteiger charge is -2.31. The number of hydrogen-bond donors (Lipinski definition) is 2. The number of unbranched alkanes of at least 4 members (excludes halogenated alkanes) is 1. The summed E-state index contributed by atoms with van der Waals surface area (Å²) >= 11 is 0. The molecule has 150 valence electrons. The molecular formula is C19H25F3N2O3. The minimum Gasteiger partial charge on any atom is -0.480 e. The van der Waals surface area contributed by atoms with Gasteiger partial charge in [-0.15, -0.1) is 0 Å². The van der Waals surface area contributed by atoms with Crippen molar-refractivity contribution in [3.05, 3.63) is 35.9 Å². The van der Waals surface area contributed by atoms with Crippen LogP contribution < -0.4 is 5.32 Å². The van der Waals surface area contributed by atoms with Crippen molar-refractivity contribution in [1.82, 2.24) is 10.2 Å². The van der Waals surface area contributed by atoms with Crippen molar-refractivity contribution in [3.63, 3.8) is 0 Å². The molecule has 1 aromatic carbocycles. The van der Waals surface area contributed by atoms with Crippen molar-refractivity contribution < 1.29 is 27.9 Å². The molecule has 1 aliphatic rings. The van der Waals surface area contributed by atoms with Crippen molar-refractivity contribution in [1.29, 1.82) is 0 Å². The average molecular weight is 386 g/mol. The van der Waals surface area contributed by atoms with E-state index in [0.717, 1.165) is 5.56 Å². The third-order valence-electron chi connectivity index (χ3n) is 5.02. The van der Waals surface area contributed by atoms with Gasteiger partial charge in [0.05, 0.1) is 0 Å². The highest BCUT2D eigenvalue weighted by Crippen LogP contribution is 2.46. The number of likely N-dealkylation sites (tertiary alicyclic amines) is 1. The number of carbonyl (C=O) groups is 2. The van der Waals surface area contributed by atoms with Gasteiger partial charge in [0.1, 0.15) is 6.04 Å². The normalized spacial score (nSPS) is 21.8. The standard InChI is InChI=1S/C19H25F3N2O3/c1-2-3-9-15(16(25)26)23-17(27)18(19(20,21)22)10-11-24(13-18)12-14-7-5-4-6-8-14/h4-8,15H,2-3,9-13H2,1H3,(H,23,27)(H,25,26)/t15-,18?/m0/s1. The lowest BCUT2D eigenvalue weighted by molar-refractivity contribution is -0.218. The topological polar surface area (TPSA) is 69.6 Å². The summed E-state index contributed by atoms with van der Waals surface area (Å²) in [5.41, 5.74) is -1.72. The fraction of sp³-hybridized carbons (Fsp3) is 0.579. The van der Waals surface area contributed by atoms with Crippen LogP contribution in [-0.2, 0) is 16.1 Å². The fourth-order valence-corrected chi connectivity index (χ4v) is 3.37. The maximum Gasteiger partial charge on any atom is 0.404 e. The highest BCUT2D eigenvalue weighted by Gasteiger charge is 2.63. The Morgan fingerprint density at radius 1 is 1.30 bits per heavy atom. The molecule has 8 heteroatoms. The zero-order valence-corrected chi connectivity index (χ0v) is 15.3. The first kappa shape index (κ1) is 21.2. The van der Waals surface area contributed by atoms with Crippen LogP contribution in [0.2, 0.25) is 0 Å². The molecule has 5 nitrogen and oxygen atoms in total. The maximum absolute atomic E-state index is 13.8. The van der Waals surface area contributed by atoms with E-state index in [4.69, 9.17) is 0 Å². The van der Waals surface area contributed by atoms with Crippen LogP contribution in [0, 0.1) is 5.41 Å². The summed E-state index contributed by atoms with van der Waals surface area (Å²) in [7, 11) is 0. The molecule has 0 saturated carbocycles. The Bertz CT molecular complexity index is 651. The summed E-state index contributed by atoms with van der Waals surface area (Å²) in [5.74, 6) is -2.55. The summed E-state index contributed by atoms with van der Waals surface area (Å²) in [5, 5.41) is 11.4. The molecule has 0 bridgehead atoms. The number of halogens is 3. The molecule has 2 rings (SSSR count). The Labute approximate surface area is 156 Å². The van der Waals surface area contributed by atoms with Crippen molar-refractivity contribution >= 4 is 11.9 Å². The predicted molar refractivity (Wildman–Crippen MR) is 93.9 cm³/mol. The second-order valence-corrected chi connectivity index (χ2v) is 7.03. The number of aliphatic carboxylic acids is 1. The summed E-state index contributed by atoms with van der Waals surface area (Å²) in [6, 6.07) is 7.77. The predicted octanol–water partition coefficient (Wildman–Crippen LogP) is 3.20. The summed E-state index contributed by atoms with van der Waals surface area (Å²) in [6.07, 6.45) is -3.82. The number of alkyl halides is 3. The van der Waals surface area contributed by atoms with Crippen LogP contribution >= 0.6 is 0 Å². The second kappa shape index (κ2) is 8.73. The third kappa shape index (κ3) is 5.00. The number of nitrogens with one attached hydrogen (secondary N) is 1. The van der Waals surface area contributed by atoms with Crippen molar-refractivity contribution in [3.8, 4) is 0 Å². The van der Waals surface area contributed by atoms with E-state index in [1.54, 1.807) is 17.0 Å². The Kier molecular flexibility index (Phi) is 6.86. The van der Waals surface area contributed by atoms with Crippen LogP contribution in [0.5, 0.6) is 0 Å². The number of carbonyl (C=O) groups excluding carboxylic acids is 1. The van der Waals surface area contributed by atoms with E-state index in [-0.39, 0.29) is 19.4 Å². The van der Waals surface area contributed by atoms with E-state index >= 15 is 0 Å². The van der Waals surface area contributed by atoms with Gasteiger partial charge >= 0.3 is 12.1 Å². The van der Waals surface area contributed by atoms with Crippen LogP contribution in [-0.4, -0.2) is 47.2 Å². The first-order valence-corrected chi connectivity index (χ1v) is 9.06. The molecule has 0 spiro atoms. The van der Waals surface area contributed by atoms with E-state index in [1.807, 2.05) is 25.1 Å². The van der Waals surface area contributed by atoms with Gasteiger partial charge in [-0.25, -0.2) is 4.79 Å². The molecule has 1 fully saturated rings. The van der Waals surface area contributed by atoms with Crippen LogP contribution in [0.4, 0.5) is 13.2 Å². The molecule has 0 radical (unpaired) electrons. The first-order chi connectivity index (χ1) is 12.7. The first-order valence-electron chi connectivity index (χ1n) is 9.06. The molecule has 1 amide bonds. The molecule has 2 atom stereocenters. The van der Waals surface area contributed by atoms with Gasteiger partial charge in [-0.2, -0.15) is 13.2 Å². The molecule has 0 aliphatic carbocycles. The Hall–Kier alpha value is -2.09. The second-order valence-electron chi connectivity index (χ2n) is 7.03. The maximum atomic E-state index is 13.8. The molecule has 1 aromatic rings. The summed E-state index contributed by atoms with van der Waals surface area (Å²) in [6.45, 7) is 1.80. The van der Waals surface area contributed by atoms with E-state index in [0.29, 0.717) is 19.4 Å². The largest absolute Gasteiger partial charge is 0.480 e. The molecule has 1 unspecified atom stereocenters. The van der Waals surface area contributed by atoms with Crippen molar-refractivity contribution in [2.75, 3.05) is 13.1 Å². The quantitative estimate of drug-likeness (QED) is 0.720. The van der Waals surface area contributed by atoms with E-state index in [1.165, 1.54) is 0 Å². The van der Waals surface area contributed by atoms with Gasteiger partial charge in [-0.3, -0.25) is 9.69 Å². The van der Waals surface area contributed by atoms with Crippen LogP contribution in [0.1, 0.15) is 38.2 Å². The number of carboxylic acids is 1. The fourth-order valence-electron chi connectivity index (χ4n) is 3.37. The van der Waals surface area contributed by atoms with Crippen LogP contribution in [0.25, 0.3) is 0 Å². The summed E-state index contributed by atoms with van der Waals surface area (Å²) < 4.78 is 41.5. The molecule has 1 heterocycles. The average Bonchev–Trinajstić information content (AvgIpc) is 3.04.